The molecule has 1 saturated heterocycles. The van der Waals surface area contributed by atoms with Gasteiger partial charge in [-0.2, -0.15) is 0 Å². The van der Waals surface area contributed by atoms with Crippen LogP contribution >= 0.6 is 0 Å². The highest BCUT2D eigenvalue weighted by Crippen LogP contribution is 2.39. The number of para-hydroxylation sites is 1. The summed E-state index contributed by atoms with van der Waals surface area (Å²) in [4.78, 5) is 40.1. The van der Waals surface area contributed by atoms with E-state index in [9.17, 15) is 14.9 Å². The van der Waals surface area contributed by atoms with Crippen LogP contribution in [0.1, 0.15) is 10.4 Å². The van der Waals surface area contributed by atoms with Crippen molar-refractivity contribution >= 4 is 39.9 Å². The van der Waals surface area contributed by atoms with Crippen LogP contribution in [0.2, 0.25) is 0 Å². The highest BCUT2D eigenvalue weighted by Gasteiger charge is 2.30. The summed E-state index contributed by atoms with van der Waals surface area (Å²) in [6.45, 7) is 2.62. The number of hydrogen-bond donors (Lipinski definition) is 1. The van der Waals surface area contributed by atoms with E-state index in [1.165, 1.54) is 19.4 Å². The van der Waals surface area contributed by atoms with E-state index in [1.54, 1.807) is 13.1 Å². The van der Waals surface area contributed by atoms with Crippen LogP contribution in [0.15, 0.2) is 48.8 Å². The van der Waals surface area contributed by atoms with E-state index < -0.39 is 10.9 Å². The molecular formula is C30H36N8O5. The first-order valence-electron chi connectivity index (χ1n) is 13.9. The maximum atomic E-state index is 13.3. The molecule has 1 aliphatic heterocycles. The lowest BCUT2D eigenvalue weighted by molar-refractivity contribution is -0.384. The molecule has 13 nitrogen and oxygen atoms in total. The van der Waals surface area contributed by atoms with Crippen LogP contribution in [0.4, 0.5) is 23.0 Å². The number of carbonyl (C=O) groups is 1. The van der Waals surface area contributed by atoms with Crippen molar-refractivity contribution in [3.8, 4) is 17.0 Å². The zero-order valence-electron chi connectivity index (χ0n) is 25.2. The van der Waals surface area contributed by atoms with Crippen molar-refractivity contribution in [2.45, 2.75) is 6.10 Å². The zero-order chi connectivity index (χ0) is 30.8. The van der Waals surface area contributed by atoms with Gasteiger partial charge in [-0.3, -0.25) is 15.0 Å². The van der Waals surface area contributed by atoms with Crippen LogP contribution < -0.4 is 15.0 Å². The third-order valence-electron chi connectivity index (χ3n) is 7.50. The second-order valence-electron chi connectivity index (χ2n) is 11.0. The molecule has 4 aromatic rings. The lowest BCUT2D eigenvalue weighted by Gasteiger charge is -2.35. The number of methoxy groups -OCH3 is 1. The number of ether oxygens (including phenoxy) is 2. The van der Waals surface area contributed by atoms with Crippen molar-refractivity contribution in [2.24, 2.45) is 7.05 Å². The lowest BCUT2D eigenvalue weighted by Crippen LogP contribution is -2.50. The van der Waals surface area contributed by atoms with Gasteiger partial charge in [0, 0.05) is 81.3 Å². The molecule has 1 N–H and O–H groups in total. The Bertz CT molecular complexity index is 1660. The van der Waals surface area contributed by atoms with Gasteiger partial charge in [-0.05, 0) is 27.2 Å². The van der Waals surface area contributed by atoms with Gasteiger partial charge in [0.2, 0.25) is 5.95 Å². The summed E-state index contributed by atoms with van der Waals surface area (Å²) in [6, 6.07) is 10.9. The summed E-state index contributed by atoms with van der Waals surface area (Å²) >= 11 is 0. The van der Waals surface area contributed by atoms with Gasteiger partial charge in [0.1, 0.15) is 23.1 Å². The van der Waals surface area contributed by atoms with Crippen LogP contribution in [-0.4, -0.2) is 103 Å². The second-order valence-corrected chi connectivity index (χ2v) is 11.0. The number of aromatic nitrogens is 3. The summed E-state index contributed by atoms with van der Waals surface area (Å²) < 4.78 is 13.3. The number of likely N-dealkylation sites (tertiary alicyclic amines) is 1. The van der Waals surface area contributed by atoms with Crippen molar-refractivity contribution in [1.82, 2.24) is 24.3 Å². The first kappa shape index (κ1) is 29.7. The van der Waals surface area contributed by atoms with Gasteiger partial charge < -0.3 is 29.2 Å². The third kappa shape index (κ3) is 6.22. The standard InChI is InChI=1S/C30H36N8O5/c1-34(2)11-12-36(4)25-14-27(42-6)23(13-26(25)38(40)41)32-30-31-15-21(29(39)43-19-16-35(3)17-19)28(33-30)22-18-37(5)24-10-8-7-9-20(22)24/h7-10,13-15,18-19H,11-12,16-17H2,1-6H3,(H,31,32,33). The maximum absolute atomic E-state index is 13.3. The van der Waals surface area contributed by atoms with Crippen molar-refractivity contribution < 1.29 is 19.2 Å². The van der Waals surface area contributed by atoms with E-state index in [0.29, 0.717) is 49.0 Å². The Labute approximate surface area is 249 Å². The Morgan fingerprint density at radius 2 is 1.91 bits per heavy atom. The van der Waals surface area contributed by atoms with E-state index in [1.807, 2.05) is 73.0 Å². The molecule has 226 valence electrons. The lowest BCUT2D eigenvalue weighted by atomic mass is 10.1. The van der Waals surface area contributed by atoms with Gasteiger partial charge in [-0.15, -0.1) is 0 Å². The molecule has 2 aromatic heterocycles. The number of carbonyl (C=O) groups excluding carboxylic acids is 1. The molecule has 0 amide bonds. The predicted octanol–water partition coefficient (Wildman–Crippen LogP) is 3.76. The molecule has 5 rings (SSSR count). The first-order chi connectivity index (χ1) is 20.5. The predicted molar refractivity (Wildman–Crippen MR) is 165 cm³/mol. The van der Waals surface area contributed by atoms with Crippen LogP contribution in [0.25, 0.3) is 22.2 Å². The van der Waals surface area contributed by atoms with E-state index in [2.05, 4.69) is 15.2 Å². The number of aryl methyl sites for hydroxylation is 1. The number of nitrogens with one attached hydrogen (secondary N) is 1. The van der Waals surface area contributed by atoms with E-state index in [4.69, 9.17) is 14.5 Å². The van der Waals surface area contributed by atoms with Crippen LogP contribution in [-0.2, 0) is 11.8 Å². The van der Waals surface area contributed by atoms with Crippen molar-refractivity contribution in [1.29, 1.82) is 0 Å². The van der Waals surface area contributed by atoms with Gasteiger partial charge in [-0.25, -0.2) is 14.8 Å². The minimum Gasteiger partial charge on any atom is -0.494 e. The fourth-order valence-corrected chi connectivity index (χ4v) is 5.13. The molecule has 0 spiro atoms. The minimum atomic E-state index is -0.508. The Balaban J connectivity index is 1.55. The number of benzene rings is 2. The van der Waals surface area contributed by atoms with Crippen LogP contribution in [0.5, 0.6) is 5.75 Å². The number of rotatable bonds is 11. The number of anilines is 3. The van der Waals surface area contributed by atoms with Crippen LogP contribution in [0, 0.1) is 10.1 Å². The van der Waals surface area contributed by atoms with Gasteiger partial charge in [0.05, 0.1) is 23.4 Å². The molecule has 3 heterocycles. The Morgan fingerprint density at radius 1 is 1.16 bits per heavy atom. The number of likely N-dealkylation sites (N-methyl/N-ethyl adjacent to an activating group) is 3. The fourth-order valence-electron chi connectivity index (χ4n) is 5.13. The monoisotopic (exact) mass is 588 g/mol. The van der Waals surface area contributed by atoms with Gasteiger partial charge in [0.15, 0.2) is 0 Å². The molecule has 1 fully saturated rings. The largest absolute Gasteiger partial charge is 0.494 e. The van der Waals surface area contributed by atoms with Crippen LogP contribution in [0.3, 0.4) is 0 Å². The van der Waals surface area contributed by atoms with Crippen molar-refractivity contribution in [3.05, 3.63) is 64.5 Å². The molecule has 1 aliphatic rings. The van der Waals surface area contributed by atoms with E-state index in [-0.39, 0.29) is 23.3 Å². The van der Waals surface area contributed by atoms with E-state index >= 15 is 0 Å². The molecule has 2 aromatic carbocycles. The minimum absolute atomic E-state index is 0.0931. The van der Waals surface area contributed by atoms with Gasteiger partial charge >= 0.3 is 5.97 Å². The van der Waals surface area contributed by atoms with Gasteiger partial charge in [-0.1, -0.05) is 18.2 Å². The highest BCUT2D eigenvalue weighted by atomic mass is 16.6. The fraction of sp³-hybridized carbons (Fsp3) is 0.367. The zero-order valence-corrected chi connectivity index (χ0v) is 25.2. The Kier molecular flexibility index (Phi) is 8.46. The van der Waals surface area contributed by atoms with Gasteiger partial charge in [0.25, 0.3) is 5.69 Å². The summed E-state index contributed by atoms with van der Waals surface area (Å²) in [5, 5.41) is 16.1. The number of hydrogen-bond acceptors (Lipinski definition) is 11. The highest BCUT2D eigenvalue weighted by molar-refractivity contribution is 6.03. The second kappa shape index (κ2) is 12.2. The molecule has 0 atom stereocenters. The topological polar surface area (TPSA) is 131 Å². The first-order valence-corrected chi connectivity index (χ1v) is 13.9. The number of nitro benzene ring substituents is 1. The Hall–Kier alpha value is -4.75. The molecule has 0 aliphatic carbocycles. The summed E-state index contributed by atoms with van der Waals surface area (Å²) in [7, 11) is 11.1. The van der Waals surface area contributed by atoms with E-state index in [0.717, 1.165) is 16.5 Å². The molecule has 13 heteroatoms. The quantitative estimate of drug-likeness (QED) is 0.156. The normalized spacial score (nSPS) is 13.7. The molecule has 0 bridgehead atoms. The van der Waals surface area contributed by atoms with Crippen molar-refractivity contribution in [2.75, 3.05) is 71.7 Å². The number of esters is 1. The maximum Gasteiger partial charge on any atom is 0.342 e. The average Bonchev–Trinajstić information content (AvgIpc) is 3.30. The average molecular weight is 589 g/mol. The summed E-state index contributed by atoms with van der Waals surface area (Å²) in [5.74, 6) is 0.0142. The number of nitro groups is 1. The Morgan fingerprint density at radius 3 is 2.58 bits per heavy atom. The molecule has 43 heavy (non-hydrogen) atoms. The third-order valence-corrected chi connectivity index (χ3v) is 7.50. The molecule has 0 saturated carbocycles. The number of nitrogens with zero attached hydrogens (tertiary/aromatic N) is 7. The smallest absolute Gasteiger partial charge is 0.342 e. The molecular weight excluding hydrogens is 552 g/mol. The summed E-state index contributed by atoms with van der Waals surface area (Å²) in [5.41, 5.74) is 2.97. The molecule has 0 radical (unpaired) electrons. The summed E-state index contributed by atoms with van der Waals surface area (Å²) in [6.07, 6.45) is 3.14. The number of fused-ring (bicyclic) bond motifs is 1. The SMILES string of the molecule is COc1cc(N(C)CCN(C)C)c([N+](=O)[O-])cc1Nc1ncc(C(=O)OC2CN(C)C2)c(-c2cn(C)c3ccccc23)n1. The molecule has 0 unspecified atom stereocenters. The van der Waals surface area contributed by atoms with Crippen molar-refractivity contribution in [3.63, 3.8) is 0 Å².